The molecule has 1 aliphatic carbocycles. The van der Waals surface area contributed by atoms with E-state index >= 15 is 0 Å². The smallest absolute Gasteiger partial charge is 0.244 e. The summed E-state index contributed by atoms with van der Waals surface area (Å²) in [6.07, 6.45) is 6.00. The molecule has 1 aromatic rings. The average Bonchev–Trinajstić information content (AvgIpc) is 3.34. The summed E-state index contributed by atoms with van der Waals surface area (Å²) in [5.74, 6) is 0. The van der Waals surface area contributed by atoms with Crippen LogP contribution in [0.2, 0.25) is 0 Å². The summed E-state index contributed by atoms with van der Waals surface area (Å²) >= 11 is 0. The zero-order valence-corrected chi connectivity index (χ0v) is 12.7. The Labute approximate surface area is 125 Å². The first-order chi connectivity index (χ1) is 10.2. The highest BCUT2D eigenvalue weighted by molar-refractivity contribution is 7.89. The maximum absolute atomic E-state index is 12.7. The van der Waals surface area contributed by atoms with E-state index in [0.29, 0.717) is 26.2 Å². The Kier molecular flexibility index (Phi) is 4.54. The van der Waals surface area contributed by atoms with E-state index in [1.54, 1.807) is 22.6 Å². The first kappa shape index (κ1) is 14.9. The van der Waals surface area contributed by atoms with E-state index in [1.807, 2.05) is 0 Å². The van der Waals surface area contributed by atoms with Gasteiger partial charge in [-0.1, -0.05) is 0 Å². The molecule has 0 unspecified atom stereocenters. The van der Waals surface area contributed by atoms with Crippen LogP contribution in [0.5, 0.6) is 0 Å². The van der Waals surface area contributed by atoms with E-state index in [9.17, 15) is 8.42 Å². The molecule has 0 aromatic carbocycles. The lowest BCUT2D eigenvalue weighted by Crippen LogP contribution is -2.37. The predicted molar refractivity (Wildman–Crippen MR) is 76.1 cm³/mol. The van der Waals surface area contributed by atoms with Crippen molar-refractivity contribution in [1.29, 1.82) is 0 Å². The van der Waals surface area contributed by atoms with Gasteiger partial charge in [0, 0.05) is 31.4 Å². The van der Waals surface area contributed by atoms with Crippen LogP contribution in [0.15, 0.2) is 29.4 Å². The molecule has 0 bridgehead atoms. The van der Waals surface area contributed by atoms with Gasteiger partial charge in [-0.15, -0.1) is 0 Å². The first-order valence-electron chi connectivity index (χ1n) is 7.33. The van der Waals surface area contributed by atoms with Crippen molar-refractivity contribution in [1.82, 2.24) is 9.29 Å². The van der Waals surface area contributed by atoms with E-state index in [0.717, 1.165) is 19.3 Å². The second-order valence-corrected chi connectivity index (χ2v) is 7.24. The molecule has 3 rings (SSSR count). The monoisotopic (exact) mass is 312 g/mol. The Morgan fingerprint density at radius 1 is 1.29 bits per heavy atom. The largest absolute Gasteiger partial charge is 0.353 e. The summed E-state index contributed by atoms with van der Waals surface area (Å²) in [5.41, 5.74) is 0. The SMILES string of the molecule is O=S(=O)(c1cccnc1)N(CCC1OCCCO1)C1CC1. The summed E-state index contributed by atoms with van der Waals surface area (Å²) in [6.45, 7) is 1.79. The Bertz CT molecular complexity index is 554. The van der Waals surface area contributed by atoms with Crippen LogP contribution in [0, 0.1) is 0 Å². The summed E-state index contributed by atoms with van der Waals surface area (Å²) in [5, 5.41) is 0. The van der Waals surface area contributed by atoms with E-state index in [1.165, 1.54) is 6.20 Å². The van der Waals surface area contributed by atoms with Crippen LogP contribution in [-0.4, -0.2) is 49.8 Å². The summed E-state index contributed by atoms with van der Waals surface area (Å²) < 4.78 is 37.9. The van der Waals surface area contributed by atoms with Gasteiger partial charge in [-0.2, -0.15) is 4.31 Å². The van der Waals surface area contributed by atoms with Crippen LogP contribution in [-0.2, 0) is 19.5 Å². The van der Waals surface area contributed by atoms with E-state index in [-0.39, 0.29) is 17.2 Å². The first-order valence-corrected chi connectivity index (χ1v) is 8.77. The highest BCUT2D eigenvalue weighted by atomic mass is 32.2. The molecule has 0 radical (unpaired) electrons. The molecular formula is C14H20N2O4S. The lowest BCUT2D eigenvalue weighted by molar-refractivity contribution is -0.181. The molecule has 2 heterocycles. The molecule has 1 saturated heterocycles. The number of nitrogens with zero attached hydrogens (tertiary/aromatic N) is 2. The Morgan fingerprint density at radius 3 is 2.67 bits per heavy atom. The van der Waals surface area contributed by atoms with Crippen LogP contribution >= 0.6 is 0 Å². The van der Waals surface area contributed by atoms with Gasteiger partial charge in [-0.3, -0.25) is 4.98 Å². The number of aromatic nitrogens is 1. The van der Waals surface area contributed by atoms with E-state index in [4.69, 9.17) is 9.47 Å². The van der Waals surface area contributed by atoms with Crippen LogP contribution in [0.3, 0.4) is 0 Å². The number of rotatable bonds is 6. The van der Waals surface area contributed by atoms with Gasteiger partial charge in [0.15, 0.2) is 6.29 Å². The van der Waals surface area contributed by atoms with Crippen molar-refractivity contribution < 1.29 is 17.9 Å². The molecule has 21 heavy (non-hydrogen) atoms. The number of pyridine rings is 1. The minimum absolute atomic E-state index is 0.110. The highest BCUT2D eigenvalue weighted by Crippen LogP contribution is 2.32. The molecule has 1 saturated carbocycles. The molecule has 2 fully saturated rings. The Hall–Kier alpha value is -1.02. The normalized spacial score (nSPS) is 20.8. The zero-order valence-electron chi connectivity index (χ0n) is 11.8. The molecule has 116 valence electrons. The number of sulfonamides is 1. The number of hydrogen-bond donors (Lipinski definition) is 0. The van der Waals surface area contributed by atoms with Crippen molar-refractivity contribution in [3.05, 3.63) is 24.5 Å². The van der Waals surface area contributed by atoms with Crippen molar-refractivity contribution >= 4 is 10.0 Å². The fourth-order valence-corrected chi connectivity index (χ4v) is 4.10. The van der Waals surface area contributed by atoms with Gasteiger partial charge in [0.1, 0.15) is 4.90 Å². The van der Waals surface area contributed by atoms with Crippen molar-refractivity contribution in [3.63, 3.8) is 0 Å². The third-order valence-corrected chi connectivity index (χ3v) is 5.61. The Morgan fingerprint density at radius 2 is 2.05 bits per heavy atom. The maximum atomic E-state index is 12.7. The van der Waals surface area contributed by atoms with Crippen LogP contribution < -0.4 is 0 Å². The summed E-state index contributed by atoms with van der Waals surface area (Å²) in [7, 11) is -3.48. The topological polar surface area (TPSA) is 68.7 Å². The summed E-state index contributed by atoms with van der Waals surface area (Å²) in [6, 6.07) is 3.34. The second kappa shape index (κ2) is 6.39. The highest BCUT2D eigenvalue weighted by Gasteiger charge is 2.38. The molecule has 0 spiro atoms. The van der Waals surface area contributed by atoms with Gasteiger partial charge >= 0.3 is 0 Å². The van der Waals surface area contributed by atoms with Crippen LogP contribution in [0.25, 0.3) is 0 Å². The fraction of sp³-hybridized carbons (Fsp3) is 0.643. The second-order valence-electron chi connectivity index (χ2n) is 5.35. The molecule has 0 N–H and O–H groups in total. The van der Waals surface area contributed by atoms with Gasteiger partial charge in [0.05, 0.1) is 13.2 Å². The molecule has 7 heteroatoms. The molecule has 1 aromatic heterocycles. The lowest BCUT2D eigenvalue weighted by Gasteiger charge is -2.27. The number of ether oxygens (including phenoxy) is 2. The van der Waals surface area contributed by atoms with Crippen molar-refractivity contribution in [2.45, 2.75) is 42.9 Å². The third kappa shape index (κ3) is 3.60. The van der Waals surface area contributed by atoms with Gasteiger partial charge in [0.2, 0.25) is 10.0 Å². The minimum atomic E-state index is -3.48. The molecule has 0 atom stereocenters. The van der Waals surface area contributed by atoms with E-state index < -0.39 is 10.0 Å². The van der Waals surface area contributed by atoms with Crippen molar-refractivity contribution in [2.24, 2.45) is 0 Å². The van der Waals surface area contributed by atoms with Crippen molar-refractivity contribution in [2.75, 3.05) is 19.8 Å². The average molecular weight is 312 g/mol. The molecular weight excluding hydrogens is 292 g/mol. The van der Waals surface area contributed by atoms with Crippen LogP contribution in [0.1, 0.15) is 25.7 Å². The minimum Gasteiger partial charge on any atom is -0.353 e. The standard InChI is InChI=1S/C14H20N2O4S/c17-21(18,13-3-1-7-15-11-13)16(12-4-5-12)8-6-14-19-9-2-10-20-14/h1,3,7,11-12,14H,2,4-6,8-10H2. The molecule has 6 nitrogen and oxygen atoms in total. The van der Waals surface area contributed by atoms with Gasteiger partial charge < -0.3 is 9.47 Å². The molecule has 0 amide bonds. The quantitative estimate of drug-likeness (QED) is 0.794. The maximum Gasteiger partial charge on any atom is 0.244 e. The predicted octanol–water partition coefficient (Wildman–Crippen LogP) is 1.39. The van der Waals surface area contributed by atoms with Gasteiger partial charge in [-0.05, 0) is 31.4 Å². The van der Waals surface area contributed by atoms with Gasteiger partial charge in [0.25, 0.3) is 0 Å². The number of hydrogen-bond acceptors (Lipinski definition) is 5. The zero-order chi connectivity index (χ0) is 14.7. The van der Waals surface area contributed by atoms with Gasteiger partial charge in [-0.25, -0.2) is 8.42 Å². The molecule has 2 aliphatic rings. The molecule has 1 aliphatic heterocycles. The Balaban J connectivity index is 1.69. The van der Waals surface area contributed by atoms with E-state index in [2.05, 4.69) is 4.98 Å². The van der Waals surface area contributed by atoms with Crippen LogP contribution in [0.4, 0.5) is 0 Å². The van der Waals surface area contributed by atoms with Crippen molar-refractivity contribution in [3.8, 4) is 0 Å². The lowest BCUT2D eigenvalue weighted by atomic mass is 10.3. The summed E-state index contributed by atoms with van der Waals surface area (Å²) in [4.78, 5) is 4.16. The fourth-order valence-electron chi connectivity index (χ4n) is 2.43. The third-order valence-electron chi connectivity index (χ3n) is 3.68.